The van der Waals surface area contributed by atoms with Gasteiger partial charge in [0, 0.05) is 25.4 Å². The van der Waals surface area contributed by atoms with Crippen molar-refractivity contribution in [1.29, 1.82) is 0 Å². The molecule has 0 radical (unpaired) electrons. The Kier molecular flexibility index (Phi) is 17.4. The molecule has 0 aliphatic carbocycles. The first-order valence-electron chi connectivity index (χ1n) is 11.8. The maximum Gasteiger partial charge on any atom is 0.673 e. The van der Waals surface area contributed by atoms with Gasteiger partial charge >= 0.3 is 26.4 Å². The fourth-order valence-corrected chi connectivity index (χ4v) is 7.67. The molecular weight excluding hydrogens is 634 g/mol. The van der Waals surface area contributed by atoms with E-state index < -0.39 is 14.5 Å². The fraction of sp³-hybridized carbons (Fsp3) is 0.600. The molecule has 0 saturated carbocycles. The summed E-state index contributed by atoms with van der Waals surface area (Å²) in [6.45, 7) is 14.0. The van der Waals surface area contributed by atoms with Crippen molar-refractivity contribution in [3.05, 3.63) is 21.1 Å². The minimum atomic E-state index is -6.00. The van der Waals surface area contributed by atoms with Crippen LogP contribution in [-0.2, 0) is 22.6 Å². The zero-order valence-corrected chi connectivity index (χ0v) is 25.8. The quantitative estimate of drug-likeness (QED) is 0.0859. The number of ether oxygens (including phenoxy) is 2. The van der Waals surface area contributed by atoms with Crippen molar-refractivity contribution in [1.82, 2.24) is 0 Å². The van der Waals surface area contributed by atoms with E-state index in [1.165, 1.54) is 22.7 Å². The number of rotatable bonds is 11. The van der Waals surface area contributed by atoms with Crippen molar-refractivity contribution < 1.29 is 62.7 Å². The molecule has 0 bridgehead atoms. The van der Waals surface area contributed by atoms with Crippen LogP contribution in [0.25, 0.3) is 0 Å². The Morgan fingerprint density at radius 1 is 0.675 bits per heavy atom. The molecule has 2 rings (SSSR count). The van der Waals surface area contributed by atoms with Crippen LogP contribution in [0.4, 0.5) is 34.5 Å². The lowest BCUT2D eigenvalue weighted by atomic mass is 10.3. The molecule has 0 N–H and O–H groups in total. The lowest BCUT2D eigenvalue weighted by Crippen LogP contribution is -2.48. The third-order valence-electron chi connectivity index (χ3n) is 4.29. The Hall–Kier alpha value is -1.53. The zero-order valence-electron chi connectivity index (χ0n) is 22.6. The van der Waals surface area contributed by atoms with Gasteiger partial charge in [-0.05, 0) is 60.0 Å². The number of hydrogen-bond donors (Lipinski definition) is 0. The van der Waals surface area contributed by atoms with Crippen LogP contribution in [0.3, 0.4) is 0 Å². The fourth-order valence-electron chi connectivity index (χ4n) is 2.90. The standard InChI is InChI=1S/C20H30N2O4S4.2BF4/c1-7-25-17(23)15-13(5)21(19(29-15)27-9-3)11-12-22-14(6)16(18(24)26-8-2)30-20(22)28-10-4;2*2-1(3,4)5/h7-12H2,1-6H3;;/q+2;2*-1. The van der Waals surface area contributed by atoms with Crippen molar-refractivity contribution in [3.63, 3.8) is 0 Å². The lowest BCUT2D eigenvalue weighted by Gasteiger charge is -2.01. The van der Waals surface area contributed by atoms with Gasteiger partial charge in [0.1, 0.15) is 0 Å². The molecule has 230 valence electrons. The number of carbonyl (C=O) groups is 2. The van der Waals surface area contributed by atoms with Crippen molar-refractivity contribution >= 4 is 72.6 Å². The summed E-state index contributed by atoms with van der Waals surface area (Å²) in [5, 5.41) is 0. The van der Waals surface area contributed by atoms with Crippen molar-refractivity contribution in [2.75, 3.05) is 24.7 Å². The molecule has 0 atom stereocenters. The van der Waals surface area contributed by atoms with E-state index in [0.29, 0.717) is 36.1 Å². The van der Waals surface area contributed by atoms with Crippen LogP contribution in [0, 0.1) is 13.8 Å². The van der Waals surface area contributed by atoms with E-state index in [-0.39, 0.29) is 11.9 Å². The number of halogens is 8. The molecule has 20 heteroatoms. The second-order valence-corrected chi connectivity index (χ2v) is 12.2. The second-order valence-electron chi connectivity index (χ2n) is 7.16. The molecule has 0 fully saturated rings. The number of aromatic nitrogens is 2. The molecule has 0 aliphatic heterocycles. The van der Waals surface area contributed by atoms with Gasteiger partial charge in [-0.15, -0.1) is 0 Å². The molecule has 2 heterocycles. The van der Waals surface area contributed by atoms with Crippen LogP contribution in [0.15, 0.2) is 8.68 Å². The van der Waals surface area contributed by atoms with E-state index in [2.05, 4.69) is 23.0 Å². The number of nitrogens with zero attached hydrogens (tertiary/aromatic N) is 2. The average molecular weight is 664 g/mol. The summed E-state index contributed by atoms with van der Waals surface area (Å²) in [4.78, 5) is 26.0. The number of hydrogen-bond acceptors (Lipinski definition) is 8. The number of thioether (sulfide) groups is 2. The first-order valence-corrected chi connectivity index (χ1v) is 15.4. The van der Waals surface area contributed by atoms with Crippen molar-refractivity contribution in [2.24, 2.45) is 0 Å². The predicted octanol–water partition coefficient (Wildman–Crippen LogP) is 6.88. The highest BCUT2D eigenvalue weighted by molar-refractivity contribution is 8.01. The Balaban J connectivity index is 0.00000130. The third-order valence-corrected chi connectivity index (χ3v) is 9.13. The highest BCUT2D eigenvalue weighted by atomic mass is 32.2. The van der Waals surface area contributed by atoms with E-state index in [0.717, 1.165) is 31.6 Å². The summed E-state index contributed by atoms with van der Waals surface area (Å²) in [7, 11) is -12.0. The van der Waals surface area contributed by atoms with Gasteiger partial charge in [0.25, 0.3) is 8.68 Å². The molecule has 0 amide bonds. The van der Waals surface area contributed by atoms with E-state index in [1.807, 2.05) is 27.7 Å². The monoisotopic (exact) mass is 664 g/mol. The van der Waals surface area contributed by atoms with Crippen molar-refractivity contribution in [2.45, 2.75) is 63.3 Å². The minimum absolute atomic E-state index is 0.261. The Morgan fingerprint density at radius 2 is 0.950 bits per heavy atom. The van der Waals surface area contributed by atoms with E-state index in [9.17, 15) is 44.1 Å². The summed E-state index contributed by atoms with van der Waals surface area (Å²) in [6.07, 6.45) is 0. The number of carbonyl (C=O) groups excluding carboxylic acids is 2. The van der Waals surface area contributed by atoms with Crippen LogP contribution >= 0.6 is 46.2 Å². The summed E-state index contributed by atoms with van der Waals surface area (Å²) < 4.78 is 95.0. The molecule has 0 saturated heterocycles. The minimum Gasteiger partial charge on any atom is -0.462 e. The SMILES string of the molecule is CCOC(=O)c1sc(SCC)[n+](CC[n+]2c(SCC)sc(C(=O)OCC)c2C)c1C.F[B-](F)(F)F.F[B-](F)(F)F. The topological polar surface area (TPSA) is 60.4 Å². The Bertz CT molecular complexity index is 1000. The molecule has 0 spiro atoms. The van der Waals surface area contributed by atoms with Gasteiger partial charge in [-0.25, -0.2) is 9.59 Å². The van der Waals surface area contributed by atoms with E-state index in [1.54, 1.807) is 23.5 Å². The molecule has 0 unspecified atom stereocenters. The molecule has 40 heavy (non-hydrogen) atoms. The van der Waals surface area contributed by atoms with Crippen LogP contribution in [0.5, 0.6) is 0 Å². The van der Waals surface area contributed by atoms with Gasteiger partial charge in [-0.1, -0.05) is 13.8 Å². The molecule has 2 aromatic heterocycles. The maximum atomic E-state index is 12.4. The first-order chi connectivity index (χ1) is 18.4. The van der Waals surface area contributed by atoms with E-state index in [4.69, 9.17) is 9.47 Å². The average Bonchev–Trinajstić information content (AvgIpc) is 3.27. The van der Waals surface area contributed by atoms with Gasteiger partial charge in [0.15, 0.2) is 9.75 Å². The zero-order chi connectivity index (χ0) is 31.3. The molecule has 6 nitrogen and oxygen atoms in total. The van der Waals surface area contributed by atoms with Crippen LogP contribution in [0.1, 0.15) is 58.4 Å². The van der Waals surface area contributed by atoms with Crippen LogP contribution in [0.2, 0.25) is 0 Å². The normalized spacial score (nSPS) is 11.2. The molecule has 0 aromatic carbocycles. The third kappa shape index (κ3) is 14.9. The summed E-state index contributed by atoms with van der Waals surface area (Å²) in [5.41, 5.74) is 1.86. The van der Waals surface area contributed by atoms with Crippen molar-refractivity contribution in [3.8, 4) is 0 Å². The molecular formula is C20H30B2F8N2O4S4. The summed E-state index contributed by atoms with van der Waals surface area (Å²) in [6, 6.07) is 0. The lowest BCUT2D eigenvalue weighted by molar-refractivity contribution is -0.810. The number of esters is 2. The van der Waals surface area contributed by atoms with Crippen LogP contribution in [-0.4, -0.2) is 51.2 Å². The Morgan fingerprint density at radius 3 is 1.18 bits per heavy atom. The molecule has 2 aromatic rings. The summed E-state index contributed by atoms with van der Waals surface area (Å²) in [5.74, 6) is 1.33. The van der Waals surface area contributed by atoms with Gasteiger partial charge in [-0.2, -0.15) is 9.13 Å². The summed E-state index contributed by atoms with van der Waals surface area (Å²) >= 11 is 6.45. The molecule has 0 aliphatic rings. The van der Waals surface area contributed by atoms with Gasteiger partial charge in [-0.3, -0.25) is 0 Å². The van der Waals surface area contributed by atoms with Gasteiger partial charge in [0.05, 0.1) is 13.2 Å². The number of thiazole rings is 2. The predicted molar refractivity (Wildman–Crippen MR) is 144 cm³/mol. The second kappa shape index (κ2) is 18.1. The van der Waals surface area contributed by atoms with E-state index >= 15 is 0 Å². The van der Waals surface area contributed by atoms with Gasteiger partial charge in [0.2, 0.25) is 24.5 Å². The Labute approximate surface area is 244 Å². The van der Waals surface area contributed by atoms with Crippen LogP contribution < -0.4 is 9.13 Å². The highest BCUT2D eigenvalue weighted by Crippen LogP contribution is 2.28. The maximum absolute atomic E-state index is 12.4. The largest absolute Gasteiger partial charge is 0.673 e. The smallest absolute Gasteiger partial charge is 0.462 e. The first kappa shape index (κ1) is 38.5. The van der Waals surface area contributed by atoms with Gasteiger partial charge < -0.3 is 44.0 Å². The highest BCUT2D eigenvalue weighted by Gasteiger charge is 2.33.